The van der Waals surface area contributed by atoms with Crippen molar-refractivity contribution in [1.82, 2.24) is 9.80 Å². The summed E-state index contributed by atoms with van der Waals surface area (Å²) in [4.78, 5) is 19.1. The highest BCUT2D eigenvalue weighted by atomic mass is 32.1. The van der Waals surface area contributed by atoms with Crippen molar-refractivity contribution in [1.29, 1.82) is 0 Å². The lowest BCUT2D eigenvalue weighted by molar-refractivity contribution is -0.126. The Labute approximate surface area is 119 Å². The van der Waals surface area contributed by atoms with Crippen molar-refractivity contribution in [2.24, 2.45) is 5.41 Å². The number of piperidine rings is 1. The summed E-state index contributed by atoms with van der Waals surface area (Å²) in [5.74, 6) is 0.335. The molecule has 1 aromatic heterocycles. The molecule has 2 saturated heterocycles. The Bertz CT molecular complexity index is 474. The van der Waals surface area contributed by atoms with Crippen LogP contribution in [0.4, 0.5) is 0 Å². The van der Waals surface area contributed by atoms with Gasteiger partial charge in [0, 0.05) is 36.3 Å². The van der Waals surface area contributed by atoms with Gasteiger partial charge in [0.2, 0.25) is 5.91 Å². The molecule has 0 atom stereocenters. The Morgan fingerprint density at radius 2 is 2.05 bits per heavy atom. The lowest BCUT2D eigenvalue weighted by Crippen LogP contribution is -2.40. The monoisotopic (exact) mass is 278 g/mol. The van der Waals surface area contributed by atoms with Crippen molar-refractivity contribution in [3.05, 3.63) is 21.9 Å². The maximum Gasteiger partial charge on any atom is 0.222 e. The van der Waals surface area contributed by atoms with E-state index in [0.717, 1.165) is 32.6 Å². The summed E-state index contributed by atoms with van der Waals surface area (Å²) in [5, 5.41) is 0. The van der Waals surface area contributed by atoms with Gasteiger partial charge in [-0.1, -0.05) is 0 Å². The van der Waals surface area contributed by atoms with Gasteiger partial charge < -0.3 is 4.90 Å². The Morgan fingerprint density at radius 3 is 2.58 bits per heavy atom. The minimum Gasteiger partial charge on any atom is -0.345 e. The third-order valence-electron chi connectivity index (χ3n) is 4.62. The normalized spacial score (nSPS) is 23.5. The van der Waals surface area contributed by atoms with Crippen LogP contribution in [0.5, 0.6) is 0 Å². The van der Waals surface area contributed by atoms with E-state index in [9.17, 15) is 4.79 Å². The molecule has 0 aliphatic carbocycles. The molecule has 0 bridgehead atoms. The van der Waals surface area contributed by atoms with Crippen molar-refractivity contribution >= 4 is 17.2 Å². The number of likely N-dealkylation sites (tertiary alicyclic amines) is 2. The van der Waals surface area contributed by atoms with E-state index < -0.39 is 0 Å². The van der Waals surface area contributed by atoms with Crippen molar-refractivity contribution < 1.29 is 4.79 Å². The van der Waals surface area contributed by atoms with Crippen LogP contribution in [0.15, 0.2) is 12.1 Å². The van der Waals surface area contributed by atoms with Gasteiger partial charge in [-0.05, 0) is 50.4 Å². The number of nitrogens with zero attached hydrogens (tertiary/aromatic N) is 2. The van der Waals surface area contributed by atoms with Crippen LogP contribution in [0.2, 0.25) is 0 Å². The second-order valence-electron chi connectivity index (χ2n) is 6.22. The minimum absolute atomic E-state index is 0.285. The van der Waals surface area contributed by atoms with Crippen LogP contribution in [-0.2, 0) is 11.3 Å². The number of hydrogen-bond donors (Lipinski definition) is 0. The van der Waals surface area contributed by atoms with E-state index in [1.807, 2.05) is 23.3 Å². The molecule has 1 aromatic rings. The van der Waals surface area contributed by atoms with Gasteiger partial charge in [-0.3, -0.25) is 9.69 Å². The quantitative estimate of drug-likeness (QED) is 0.830. The lowest BCUT2D eigenvalue weighted by atomic mass is 9.77. The maximum absolute atomic E-state index is 11.7. The van der Waals surface area contributed by atoms with Gasteiger partial charge in [-0.15, -0.1) is 11.3 Å². The van der Waals surface area contributed by atoms with Crippen LogP contribution in [0.3, 0.4) is 0 Å². The molecule has 0 N–H and O–H groups in total. The predicted octanol–water partition coefficient (Wildman–Crippen LogP) is 2.50. The second kappa shape index (κ2) is 4.91. The Kier molecular flexibility index (Phi) is 3.39. The van der Waals surface area contributed by atoms with Gasteiger partial charge in [-0.2, -0.15) is 0 Å². The number of carbonyl (C=O) groups is 1. The van der Waals surface area contributed by atoms with Crippen molar-refractivity contribution in [2.45, 2.75) is 32.7 Å². The molecule has 0 unspecified atom stereocenters. The lowest BCUT2D eigenvalue weighted by Gasteiger charge is -2.38. The van der Waals surface area contributed by atoms with Gasteiger partial charge in [0.05, 0.1) is 0 Å². The molecule has 19 heavy (non-hydrogen) atoms. The smallest absolute Gasteiger partial charge is 0.222 e. The molecule has 104 valence electrons. The molecule has 1 amide bonds. The largest absolute Gasteiger partial charge is 0.345 e. The van der Waals surface area contributed by atoms with E-state index in [2.05, 4.69) is 24.0 Å². The first-order valence-electron chi connectivity index (χ1n) is 7.08. The molecule has 2 aliphatic rings. The standard InChI is InChI=1S/C15H22N2OS/c1-12-3-4-13(19-12)10-17-7-5-15(6-8-17)9-14(18)16(2)11-15/h3-4H,5-11H2,1-2H3. The number of aryl methyl sites for hydroxylation is 1. The SMILES string of the molecule is Cc1ccc(CN2CCC3(CC2)CC(=O)N(C)C3)s1. The molecule has 3 rings (SSSR count). The summed E-state index contributed by atoms with van der Waals surface area (Å²) in [6.45, 7) is 6.49. The van der Waals surface area contributed by atoms with E-state index in [4.69, 9.17) is 0 Å². The van der Waals surface area contributed by atoms with Crippen molar-refractivity contribution in [3.8, 4) is 0 Å². The van der Waals surface area contributed by atoms with Crippen LogP contribution >= 0.6 is 11.3 Å². The summed E-state index contributed by atoms with van der Waals surface area (Å²) in [6, 6.07) is 4.45. The van der Waals surface area contributed by atoms with Crippen LogP contribution < -0.4 is 0 Å². The van der Waals surface area contributed by atoms with Gasteiger partial charge in [0.15, 0.2) is 0 Å². The second-order valence-corrected chi connectivity index (χ2v) is 7.59. The number of amides is 1. The predicted molar refractivity (Wildman–Crippen MR) is 78.3 cm³/mol. The van der Waals surface area contributed by atoms with Gasteiger partial charge >= 0.3 is 0 Å². The summed E-state index contributed by atoms with van der Waals surface area (Å²) in [5.41, 5.74) is 0.285. The zero-order valence-electron chi connectivity index (χ0n) is 11.8. The summed E-state index contributed by atoms with van der Waals surface area (Å²) in [7, 11) is 1.94. The topological polar surface area (TPSA) is 23.6 Å². The molecule has 3 nitrogen and oxygen atoms in total. The van der Waals surface area contributed by atoms with Gasteiger partial charge in [0.25, 0.3) is 0 Å². The fourth-order valence-electron chi connectivity index (χ4n) is 3.41. The van der Waals surface area contributed by atoms with Crippen LogP contribution in [0.1, 0.15) is 29.0 Å². The van der Waals surface area contributed by atoms with E-state index in [-0.39, 0.29) is 5.41 Å². The molecule has 0 radical (unpaired) electrons. The average molecular weight is 278 g/mol. The van der Waals surface area contributed by atoms with Gasteiger partial charge in [0.1, 0.15) is 0 Å². The zero-order chi connectivity index (χ0) is 13.5. The average Bonchev–Trinajstić information content (AvgIpc) is 2.88. The molecule has 0 aromatic carbocycles. The van der Waals surface area contributed by atoms with Crippen molar-refractivity contribution in [3.63, 3.8) is 0 Å². The fraction of sp³-hybridized carbons (Fsp3) is 0.667. The van der Waals surface area contributed by atoms with Crippen LogP contribution in [0.25, 0.3) is 0 Å². The summed E-state index contributed by atoms with van der Waals surface area (Å²) >= 11 is 1.90. The molecule has 2 aliphatic heterocycles. The summed E-state index contributed by atoms with van der Waals surface area (Å²) < 4.78 is 0. The van der Waals surface area contributed by atoms with Crippen LogP contribution in [0, 0.1) is 12.3 Å². The highest BCUT2D eigenvalue weighted by Crippen LogP contribution is 2.40. The molecule has 1 spiro atoms. The third-order valence-corrected chi connectivity index (χ3v) is 5.60. The molecular weight excluding hydrogens is 256 g/mol. The molecule has 4 heteroatoms. The molecule has 3 heterocycles. The van der Waals surface area contributed by atoms with E-state index in [1.54, 1.807) is 0 Å². The number of hydrogen-bond acceptors (Lipinski definition) is 3. The first kappa shape index (κ1) is 13.1. The van der Waals surface area contributed by atoms with E-state index in [1.165, 1.54) is 22.6 Å². The maximum atomic E-state index is 11.7. The van der Waals surface area contributed by atoms with Gasteiger partial charge in [-0.25, -0.2) is 0 Å². The van der Waals surface area contributed by atoms with Crippen LogP contribution in [-0.4, -0.2) is 42.4 Å². The minimum atomic E-state index is 0.285. The Morgan fingerprint density at radius 1 is 1.32 bits per heavy atom. The van der Waals surface area contributed by atoms with Crippen molar-refractivity contribution in [2.75, 3.05) is 26.7 Å². The number of carbonyl (C=O) groups excluding carboxylic acids is 1. The highest BCUT2D eigenvalue weighted by molar-refractivity contribution is 7.11. The molecule has 2 fully saturated rings. The fourth-order valence-corrected chi connectivity index (χ4v) is 4.35. The first-order chi connectivity index (χ1) is 9.06. The number of rotatable bonds is 2. The first-order valence-corrected chi connectivity index (χ1v) is 7.90. The van der Waals surface area contributed by atoms with E-state index >= 15 is 0 Å². The third kappa shape index (κ3) is 2.70. The summed E-state index contributed by atoms with van der Waals surface area (Å²) in [6.07, 6.45) is 3.12. The number of thiophene rings is 1. The Balaban J connectivity index is 1.56. The molecular formula is C15H22N2OS. The van der Waals surface area contributed by atoms with E-state index in [0.29, 0.717) is 5.91 Å². The highest BCUT2D eigenvalue weighted by Gasteiger charge is 2.43. The molecule has 0 saturated carbocycles. The zero-order valence-corrected chi connectivity index (χ0v) is 12.6. The Hall–Kier alpha value is -0.870.